The first-order valence-corrected chi connectivity index (χ1v) is 10.3. The third-order valence-electron chi connectivity index (χ3n) is 4.49. The average Bonchev–Trinajstić information content (AvgIpc) is 3.25. The molecule has 26 heavy (non-hydrogen) atoms. The number of anilines is 1. The zero-order chi connectivity index (χ0) is 17.6. The Morgan fingerprint density at radius 3 is 2.65 bits per heavy atom. The van der Waals surface area contributed by atoms with Gasteiger partial charge < -0.3 is 15.5 Å². The maximum atomic E-state index is 4.34. The van der Waals surface area contributed by atoms with Gasteiger partial charge in [0.2, 0.25) is 0 Å². The van der Waals surface area contributed by atoms with Gasteiger partial charge in [-0.2, -0.15) is 0 Å². The van der Waals surface area contributed by atoms with Crippen molar-refractivity contribution < 1.29 is 0 Å². The minimum absolute atomic E-state index is 0. The molecule has 7 heteroatoms. The van der Waals surface area contributed by atoms with Crippen LogP contribution in [0.25, 0.3) is 0 Å². The van der Waals surface area contributed by atoms with Crippen molar-refractivity contribution in [2.45, 2.75) is 19.9 Å². The average molecular weight is 549 g/mol. The monoisotopic (exact) mass is 548 g/mol. The fraction of sp³-hybridized carbons (Fsp3) is 0.421. The number of aryl methyl sites for hydroxylation is 1. The molecule has 1 saturated heterocycles. The molecule has 1 aliphatic rings. The lowest BCUT2D eigenvalue weighted by molar-refractivity contribution is 0.566. The lowest BCUT2D eigenvalue weighted by Crippen LogP contribution is -2.39. The Morgan fingerprint density at radius 1 is 1.23 bits per heavy atom. The Balaban J connectivity index is 0.00000243. The molecular weight excluding hydrogens is 523 g/mol. The predicted molar refractivity (Wildman–Crippen MR) is 127 cm³/mol. The van der Waals surface area contributed by atoms with Gasteiger partial charge >= 0.3 is 0 Å². The van der Waals surface area contributed by atoms with Gasteiger partial charge in [-0.15, -0.1) is 35.3 Å². The lowest BCUT2D eigenvalue weighted by Gasteiger charge is -2.19. The molecule has 3 rings (SSSR count). The van der Waals surface area contributed by atoms with Crippen LogP contribution in [0.15, 0.2) is 45.9 Å². The van der Waals surface area contributed by atoms with Gasteiger partial charge in [0.1, 0.15) is 0 Å². The van der Waals surface area contributed by atoms with E-state index in [4.69, 9.17) is 0 Å². The van der Waals surface area contributed by atoms with Gasteiger partial charge in [-0.1, -0.05) is 15.9 Å². The zero-order valence-corrected chi connectivity index (χ0v) is 19.9. The summed E-state index contributed by atoms with van der Waals surface area (Å²) in [7, 11) is 1.83. The van der Waals surface area contributed by atoms with Crippen LogP contribution in [0.4, 0.5) is 5.69 Å². The molecule has 2 heterocycles. The summed E-state index contributed by atoms with van der Waals surface area (Å²) in [6.45, 7) is 6.13. The molecule has 4 nitrogen and oxygen atoms in total. The van der Waals surface area contributed by atoms with E-state index in [-0.39, 0.29) is 24.0 Å². The Bertz CT molecular complexity index is 717. The summed E-state index contributed by atoms with van der Waals surface area (Å²) in [4.78, 5) is 9.48. The van der Waals surface area contributed by atoms with Crippen LogP contribution in [0.1, 0.15) is 16.2 Å². The first-order valence-electron chi connectivity index (χ1n) is 8.64. The zero-order valence-electron chi connectivity index (χ0n) is 15.2. The molecule has 0 aliphatic carbocycles. The number of halogens is 2. The van der Waals surface area contributed by atoms with Gasteiger partial charge in [0, 0.05) is 46.6 Å². The predicted octanol–water partition coefficient (Wildman–Crippen LogP) is 4.63. The van der Waals surface area contributed by atoms with Crippen molar-refractivity contribution in [3.63, 3.8) is 0 Å². The van der Waals surface area contributed by atoms with Crippen LogP contribution >= 0.6 is 51.2 Å². The molecule has 2 aromatic rings. The number of rotatable bonds is 5. The standard InChI is InChI=1S/C19H25BrN4S.HI/c1-14-3-8-18(25-14)12-23-19(21-2)22-11-15-9-10-24(13-15)17-6-4-16(20)5-7-17;/h3-8,15H,9-13H2,1-2H3,(H2,21,22,23);1H. The third-order valence-corrected chi connectivity index (χ3v) is 6.01. The van der Waals surface area contributed by atoms with Gasteiger partial charge in [0.05, 0.1) is 6.54 Å². The minimum atomic E-state index is 0. The van der Waals surface area contributed by atoms with Crippen molar-refractivity contribution in [3.05, 3.63) is 50.6 Å². The first-order chi connectivity index (χ1) is 12.1. The molecule has 1 aliphatic heterocycles. The number of hydrogen-bond acceptors (Lipinski definition) is 3. The van der Waals surface area contributed by atoms with E-state index in [1.807, 2.05) is 18.4 Å². The molecular formula is C19H26BrIN4S. The first kappa shape index (κ1) is 21.5. The molecule has 0 bridgehead atoms. The molecule has 1 aromatic carbocycles. The van der Waals surface area contributed by atoms with Gasteiger partial charge in [-0.05, 0) is 55.7 Å². The van der Waals surface area contributed by atoms with Crippen molar-refractivity contribution in [2.24, 2.45) is 10.9 Å². The second-order valence-electron chi connectivity index (χ2n) is 6.40. The molecule has 142 valence electrons. The van der Waals surface area contributed by atoms with E-state index in [1.54, 1.807) is 0 Å². The fourth-order valence-electron chi connectivity index (χ4n) is 3.10. The molecule has 0 spiro atoms. The van der Waals surface area contributed by atoms with Crippen LogP contribution in [0.5, 0.6) is 0 Å². The fourth-order valence-corrected chi connectivity index (χ4v) is 4.19. The highest BCUT2D eigenvalue weighted by atomic mass is 127. The highest BCUT2D eigenvalue weighted by Crippen LogP contribution is 2.25. The largest absolute Gasteiger partial charge is 0.371 e. The molecule has 1 aromatic heterocycles. The van der Waals surface area contributed by atoms with Gasteiger partial charge in [-0.25, -0.2) is 0 Å². The second-order valence-corrected chi connectivity index (χ2v) is 8.68. The molecule has 1 fully saturated rings. The molecule has 0 saturated carbocycles. The summed E-state index contributed by atoms with van der Waals surface area (Å²) in [5.74, 6) is 1.53. The number of thiophene rings is 1. The highest BCUT2D eigenvalue weighted by Gasteiger charge is 2.22. The lowest BCUT2D eigenvalue weighted by atomic mass is 10.1. The summed E-state index contributed by atoms with van der Waals surface area (Å²) in [6, 6.07) is 12.9. The minimum Gasteiger partial charge on any atom is -0.371 e. The third kappa shape index (κ3) is 6.13. The van der Waals surface area contributed by atoms with Crippen LogP contribution in [-0.2, 0) is 6.54 Å². The summed E-state index contributed by atoms with van der Waals surface area (Å²) in [6.07, 6.45) is 1.21. The number of hydrogen-bond donors (Lipinski definition) is 2. The van der Waals surface area contributed by atoms with Crippen molar-refractivity contribution in [1.82, 2.24) is 10.6 Å². The van der Waals surface area contributed by atoms with Gasteiger partial charge in [0.25, 0.3) is 0 Å². The quantitative estimate of drug-likeness (QED) is 0.325. The maximum Gasteiger partial charge on any atom is 0.191 e. The van der Waals surface area contributed by atoms with E-state index in [1.165, 1.54) is 21.9 Å². The Hall–Kier alpha value is -0.800. The van der Waals surface area contributed by atoms with Crippen LogP contribution in [-0.4, -0.2) is 32.6 Å². The van der Waals surface area contributed by atoms with E-state index in [2.05, 4.69) is 79.8 Å². The van der Waals surface area contributed by atoms with E-state index in [9.17, 15) is 0 Å². The Labute approximate surface area is 185 Å². The van der Waals surface area contributed by atoms with Gasteiger partial charge in [0.15, 0.2) is 5.96 Å². The van der Waals surface area contributed by atoms with E-state index >= 15 is 0 Å². The maximum absolute atomic E-state index is 4.34. The molecule has 0 amide bonds. The smallest absolute Gasteiger partial charge is 0.191 e. The van der Waals surface area contributed by atoms with Crippen LogP contribution in [0, 0.1) is 12.8 Å². The van der Waals surface area contributed by atoms with Crippen LogP contribution < -0.4 is 15.5 Å². The molecule has 1 unspecified atom stereocenters. The molecule has 0 radical (unpaired) electrons. The van der Waals surface area contributed by atoms with Crippen molar-refractivity contribution in [3.8, 4) is 0 Å². The van der Waals surface area contributed by atoms with Crippen molar-refractivity contribution >= 4 is 62.9 Å². The summed E-state index contributed by atoms with van der Waals surface area (Å²) in [5.41, 5.74) is 1.31. The van der Waals surface area contributed by atoms with Crippen LogP contribution in [0.3, 0.4) is 0 Å². The molecule has 1 atom stereocenters. The normalized spacial score (nSPS) is 17.1. The van der Waals surface area contributed by atoms with E-state index in [0.29, 0.717) is 5.92 Å². The second kappa shape index (κ2) is 10.5. The Kier molecular flexibility index (Phi) is 8.69. The van der Waals surface area contributed by atoms with Crippen LogP contribution in [0.2, 0.25) is 0 Å². The summed E-state index contributed by atoms with van der Waals surface area (Å²) in [5, 5.41) is 6.88. The number of nitrogens with one attached hydrogen (secondary N) is 2. The number of aliphatic imine (C=N–C) groups is 1. The Morgan fingerprint density at radius 2 is 2.00 bits per heavy atom. The highest BCUT2D eigenvalue weighted by molar-refractivity contribution is 14.0. The summed E-state index contributed by atoms with van der Waals surface area (Å²) < 4.78 is 1.13. The SMILES string of the molecule is CN=C(NCc1ccc(C)s1)NCC1CCN(c2ccc(Br)cc2)C1.I. The topological polar surface area (TPSA) is 39.7 Å². The van der Waals surface area contributed by atoms with E-state index in [0.717, 1.165) is 36.6 Å². The van der Waals surface area contributed by atoms with E-state index < -0.39 is 0 Å². The summed E-state index contributed by atoms with van der Waals surface area (Å²) >= 11 is 5.33. The number of nitrogens with zero attached hydrogens (tertiary/aromatic N) is 2. The molecule has 2 N–H and O–H groups in total. The number of guanidine groups is 1. The number of benzene rings is 1. The van der Waals surface area contributed by atoms with Crippen molar-refractivity contribution in [1.29, 1.82) is 0 Å². The van der Waals surface area contributed by atoms with Gasteiger partial charge in [-0.3, -0.25) is 4.99 Å². The van der Waals surface area contributed by atoms with Crippen molar-refractivity contribution in [2.75, 3.05) is 31.6 Å².